The van der Waals surface area contributed by atoms with Gasteiger partial charge in [0.05, 0.1) is 11.1 Å². The van der Waals surface area contributed by atoms with Crippen LogP contribution >= 0.6 is 0 Å². The standard InChI is InChI=1S/C44H26N4/c45-23-29-20-37(27-47-25-29)32-10-14-34(15-11-32)43-39-8-4-5-9-40(39)44(42-22-36(18-19-41(42)43)31-6-2-1-3-7-31)35-16-12-33(13-17-35)38-21-30(24-46)26-48-28-38/h1-22,25-28H. The fourth-order valence-corrected chi connectivity index (χ4v) is 6.59. The Bertz CT molecular complexity index is 2560. The lowest BCUT2D eigenvalue weighted by Gasteiger charge is -2.19. The minimum absolute atomic E-state index is 0.540. The number of hydrogen-bond acceptors (Lipinski definition) is 4. The van der Waals surface area contributed by atoms with E-state index in [2.05, 4.69) is 137 Å². The first-order valence-electron chi connectivity index (χ1n) is 15.7. The summed E-state index contributed by atoms with van der Waals surface area (Å²) in [7, 11) is 0. The lowest BCUT2D eigenvalue weighted by molar-refractivity contribution is 1.30. The summed E-state index contributed by atoms with van der Waals surface area (Å²) < 4.78 is 0. The lowest BCUT2D eigenvalue weighted by Crippen LogP contribution is -1.92. The molecule has 0 atom stereocenters. The maximum Gasteiger partial charge on any atom is 0.101 e. The van der Waals surface area contributed by atoms with Crippen LogP contribution < -0.4 is 0 Å². The van der Waals surface area contributed by atoms with Crippen molar-refractivity contribution in [3.05, 3.63) is 169 Å². The summed E-state index contributed by atoms with van der Waals surface area (Å²) >= 11 is 0. The number of aromatic nitrogens is 2. The van der Waals surface area contributed by atoms with Crippen molar-refractivity contribution in [1.29, 1.82) is 10.5 Å². The molecule has 0 saturated heterocycles. The molecule has 0 saturated carbocycles. The molecule has 8 rings (SSSR count). The first-order chi connectivity index (χ1) is 23.7. The van der Waals surface area contributed by atoms with E-state index in [0.717, 1.165) is 44.5 Å². The van der Waals surface area contributed by atoms with E-state index in [1.807, 2.05) is 18.2 Å². The van der Waals surface area contributed by atoms with E-state index < -0.39 is 0 Å². The topological polar surface area (TPSA) is 73.4 Å². The highest BCUT2D eigenvalue weighted by Crippen LogP contribution is 2.45. The molecule has 0 radical (unpaired) electrons. The molecule has 0 fully saturated rings. The largest absolute Gasteiger partial charge is 0.263 e. The fraction of sp³-hybridized carbons (Fsp3) is 0. The Balaban J connectivity index is 1.35. The number of benzene rings is 6. The van der Waals surface area contributed by atoms with Gasteiger partial charge in [0.15, 0.2) is 0 Å². The molecule has 0 aliphatic heterocycles. The van der Waals surface area contributed by atoms with E-state index in [4.69, 9.17) is 0 Å². The molecule has 0 unspecified atom stereocenters. The van der Waals surface area contributed by atoms with Gasteiger partial charge in [0.2, 0.25) is 0 Å². The molecule has 0 spiro atoms. The molecule has 0 aliphatic carbocycles. The molecular weight excluding hydrogens is 585 g/mol. The Morgan fingerprint density at radius 2 is 0.750 bits per heavy atom. The summed E-state index contributed by atoms with van der Waals surface area (Å²) in [6, 6.07) is 51.1. The van der Waals surface area contributed by atoms with Crippen LogP contribution in [0.1, 0.15) is 11.1 Å². The minimum Gasteiger partial charge on any atom is -0.263 e. The van der Waals surface area contributed by atoms with E-state index >= 15 is 0 Å². The van der Waals surface area contributed by atoms with Crippen molar-refractivity contribution in [3.8, 4) is 67.8 Å². The zero-order chi connectivity index (χ0) is 32.5. The first kappa shape index (κ1) is 28.6. The predicted octanol–water partition coefficient (Wildman–Crippen LogP) is 10.9. The van der Waals surface area contributed by atoms with Crippen molar-refractivity contribution in [2.45, 2.75) is 0 Å². The molecule has 2 aromatic heterocycles. The number of rotatable bonds is 5. The van der Waals surface area contributed by atoms with Crippen LogP contribution in [0, 0.1) is 22.7 Å². The van der Waals surface area contributed by atoms with Gasteiger partial charge in [0.1, 0.15) is 12.1 Å². The summed E-state index contributed by atoms with van der Waals surface area (Å²) in [5.41, 5.74) is 11.8. The number of nitriles is 2. The van der Waals surface area contributed by atoms with Crippen LogP contribution in [-0.2, 0) is 0 Å². The normalized spacial score (nSPS) is 10.9. The van der Waals surface area contributed by atoms with Gasteiger partial charge in [-0.3, -0.25) is 9.97 Å². The molecule has 0 bridgehead atoms. The van der Waals surface area contributed by atoms with Crippen LogP contribution in [0.5, 0.6) is 0 Å². The number of nitrogens with zero attached hydrogens (tertiary/aromatic N) is 4. The van der Waals surface area contributed by atoms with Gasteiger partial charge in [0, 0.05) is 35.9 Å². The van der Waals surface area contributed by atoms with Crippen LogP contribution in [0.25, 0.3) is 77.2 Å². The third-order valence-corrected chi connectivity index (χ3v) is 8.88. The monoisotopic (exact) mass is 610 g/mol. The highest BCUT2D eigenvalue weighted by Gasteiger charge is 2.18. The van der Waals surface area contributed by atoms with Gasteiger partial charge in [-0.1, -0.05) is 115 Å². The smallest absolute Gasteiger partial charge is 0.101 e. The zero-order valence-corrected chi connectivity index (χ0v) is 25.8. The van der Waals surface area contributed by atoms with Crippen molar-refractivity contribution >= 4 is 21.5 Å². The van der Waals surface area contributed by atoms with E-state index in [0.29, 0.717) is 11.1 Å². The second-order valence-corrected chi connectivity index (χ2v) is 11.7. The number of pyridine rings is 2. The Hall–Kier alpha value is -6.88. The molecule has 4 heteroatoms. The molecule has 6 aromatic carbocycles. The molecule has 222 valence electrons. The van der Waals surface area contributed by atoms with Gasteiger partial charge in [-0.05, 0) is 84.3 Å². The SMILES string of the molecule is N#Cc1cncc(-c2ccc(-c3c4ccccc4c(-c4ccc(-c5cncc(C#N)c5)cc4)c4cc(-c5ccccc5)ccc34)cc2)c1. The van der Waals surface area contributed by atoms with Crippen LogP contribution in [0.3, 0.4) is 0 Å². The van der Waals surface area contributed by atoms with Gasteiger partial charge in [-0.2, -0.15) is 10.5 Å². The molecule has 2 heterocycles. The third-order valence-electron chi connectivity index (χ3n) is 8.88. The Morgan fingerprint density at radius 1 is 0.333 bits per heavy atom. The van der Waals surface area contributed by atoms with E-state index in [1.165, 1.54) is 32.7 Å². The Morgan fingerprint density at radius 3 is 1.27 bits per heavy atom. The molecular formula is C44H26N4. The molecule has 0 amide bonds. The highest BCUT2D eigenvalue weighted by atomic mass is 14.6. The van der Waals surface area contributed by atoms with Crippen LogP contribution in [0.15, 0.2) is 158 Å². The second kappa shape index (κ2) is 12.1. The number of fused-ring (bicyclic) bond motifs is 2. The summed E-state index contributed by atoms with van der Waals surface area (Å²) in [4.78, 5) is 8.52. The Labute approximate surface area is 278 Å². The fourth-order valence-electron chi connectivity index (χ4n) is 6.59. The zero-order valence-electron chi connectivity index (χ0n) is 25.8. The molecule has 48 heavy (non-hydrogen) atoms. The lowest BCUT2D eigenvalue weighted by atomic mass is 9.84. The number of hydrogen-bond donors (Lipinski definition) is 0. The summed E-state index contributed by atoms with van der Waals surface area (Å²) in [6.45, 7) is 0. The van der Waals surface area contributed by atoms with Crippen LogP contribution in [0.2, 0.25) is 0 Å². The average molecular weight is 611 g/mol. The summed E-state index contributed by atoms with van der Waals surface area (Å²) in [6.07, 6.45) is 6.75. The molecule has 8 aromatic rings. The maximum absolute atomic E-state index is 9.39. The van der Waals surface area contributed by atoms with E-state index in [9.17, 15) is 10.5 Å². The quantitative estimate of drug-likeness (QED) is 0.182. The predicted molar refractivity (Wildman–Crippen MR) is 194 cm³/mol. The van der Waals surface area contributed by atoms with Crippen LogP contribution in [0.4, 0.5) is 0 Å². The van der Waals surface area contributed by atoms with Crippen molar-refractivity contribution in [3.63, 3.8) is 0 Å². The minimum atomic E-state index is 0.540. The summed E-state index contributed by atoms with van der Waals surface area (Å²) in [5.74, 6) is 0. The van der Waals surface area contributed by atoms with Crippen LogP contribution in [-0.4, -0.2) is 9.97 Å². The van der Waals surface area contributed by atoms with Gasteiger partial charge in [-0.15, -0.1) is 0 Å². The Kier molecular flexibility index (Phi) is 7.23. The summed E-state index contributed by atoms with van der Waals surface area (Å²) in [5, 5.41) is 23.4. The first-order valence-corrected chi connectivity index (χ1v) is 15.7. The van der Waals surface area contributed by atoms with Crippen molar-refractivity contribution in [2.75, 3.05) is 0 Å². The van der Waals surface area contributed by atoms with E-state index in [-0.39, 0.29) is 0 Å². The van der Waals surface area contributed by atoms with E-state index in [1.54, 1.807) is 24.8 Å². The van der Waals surface area contributed by atoms with Gasteiger partial charge < -0.3 is 0 Å². The maximum atomic E-state index is 9.39. The molecule has 4 nitrogen and oxygen atoms in total. The van der Waals surface area contributed by atoms with Crippen molar-refractivity contribution in [1.82, 2.24) is 9.97 Å². The molecule has 0 N–H and O–H groups in total. The highest BCUT2D eigenvalue weighted by molar-refractivity contribution is 6.22. The van der Waals surface area contributed by atoms with Crippen molar-refractivity contribution in [2.24, 2.45) is 0 Å². The average Bonchev–Trinajstić information content (AvgIpc) is 3.17. The third kappa shape index (κ3) is 5.14. The van der Waals surface area contributed by atoms with Gasteiger partial charge in [0.25, 0.3) is 0 Å². The second-order valence-electron chi connectivity index (χ2n) is 11.7. The molecule has 0 aliphatic rings. The van der Waals surface area contributed by atoms with Gasteiger partial charge >= 0.3 is 0 Å². The van der Waals surface area contributed by atoms with Gasteiger partial charge in [-0.25, -0.2) is 0 Å². The van der Waals surface area contributed by atoms with Crippen molar-refractivity contribution < 1.29 is 0 Å².